The van der Waals surface area contributed by atoms with E-state index in [0.29, 0.717) is 12.3 Å². The molecule has 0 spiro atoms. The fourth-order valence-corrected chi connectivity index (χ4v) is 2.87. The summed E-state index contributed by atoms with van der Waals surface area (Å²) in [6, 6.07) is 11.1. The van der Waals surface area contributed by atoms with Crippen LogP contribution in [0.5, 0.6) is 11.5 Å². The summed E-state index contributed by atoms with van der Waals surface area (Å²) in [7, 11) is -2.98. The molecule has 0 aliphatic heterocycles. The molecule has 2 rings (SSSR count). The standard InChI is InChI=1S/C16H17ClN2O5S/c1-23-16(20)11-9-13(19-8-7-17)15(14(10-11)25(18,21)22)24-12-5-3-2-4-6-12/h2-6,9-10,19H,7-8H2,1H3,(H2,18,21,22). The third-order valence-electron chi connectivity index (χ3n) is 3.16. The van der Waals surface area contributed by atoms with E-state index in [9.17, 15) is 13.2 Å². The molecule has 0 bridgehead atoms. The number of ether oxygens (including phenoxy) is 2. The first kappa shape index (κ1) is 19.0. The summed E-state index contributed by atoms with van der Waals surface area (Å²) < 4.78 is 34.4. The predicted octanol–water partition coefficient (Wildman–Crippen LogP) is 2.56. The number of esters is 1. The highest BCUT2D eigenvalue weighted by Gasteiger charge is 2.23. The minimum absolute atomic E-state index is 0.0176. The summed E-state index contributed by atoms with van der Waals surface area (Å²) in [5.74, 6) is -0.0542. The van der Waals surface area contributed by atoms with Crippen LogP contribution in [0.15, 0.2) is 47.4 Å². The van der Waals surface area contributed by atoms with Crippen LogP contribution in [0.2, 0.25) is 0 Å². The van der Waals surface area contributed by atoms with Gasteiger partial charge in [-0.25, -0.2) is 18.4 Å². The maximum absolute atomic E-state index is 12.0. The molecular weight excluding hydrogens is 368 g/mol. The molecule has 0 heterocycles. The van der Waals surface area contributed by atoms with Gasteiger partial charge >= 0.3 is 5.97 Å². The zero-order valence-electron chi connectivity index (χ0n) is 13.4. The summed E-state index contributed by atoms with van der Waals surface area (Å²) in [6.07, 6.45) is 0. The lowest BCUT2D eigenvalue weighted by molar-refractivity contribution is 0.0600. The minimum Gasteiger partial charge on any atom is -0.465 e. The Kier molecular flexibility index (Phi) is 6.24. The third-order valence-corrected chi connectivity index (χ3v) is 4.26. The van der Waals surface area contributed by atoms with Gasteiger partial charge in [0.1, 0.15) is 10.6 Å². The van der Waals surface area contributed by atoms with Crippen LogP contribution in [-0.2, 0) is 14.8 Å². The van der Waals surface area contributed by atoms with Gasteiger partial charge in [-0.2, -0.15) is 0 Å². The van der Waals surface area contributed by atoms with Crippen LogP contribution in [0.1, 0.15) is 10.4 Å². The highest BCUT2D eigenvalue weighted by molar-refractivity contribution is 7.89. The van der Waals surface area contributed by atoms with Crippen molar-refractivity contribution in [2.24, 2.45) is 5.14 Å². The molecular formula is C16H17ClN2O5S. The third kappa shape index (κ3) is 4.85. The summed E-state index contributed by atoms with van der Waals surface area (Å²) in [5.41, 5.74) is 0.278. The largest absolute Gasteiger partial charge is 0.465 e. The second-order valence-electron chi connectivity index (χ2n) is 4.92. The smallest absolute Gasteiger partial charge is 0.337 e. The Labute approximate surface area is 150 Å². The number of alkyl halides is 1. The van der Waals surface area contributed by atoms with E-state index < -0.39 is 16.0 Å². The van der Waals surface area contributed by atoms with E-state index >= 15 is 0 Å². The monoisotopic (exact) mass is 384 g/mol. The van der Waals surface area contributed by atoms with Gasteiger partial charge in [0.2, 0.25) is 10.0 Å². The van der Waals surface area contributed by atoms with Crippen molar-refractivity contribution in [3.8, 4) is 11.5 Å². The van der Waals surface area contributed by atoms with E-state index in [1.165, 1.54) is 13.2 Å². The van der Waals surface area contributed by atoms with E-state index in [1.54, 1.807) is 30.3 Å². The normalized spacial score (nSPS) is 11.0. The minimum atomic E-state index is -4.17. The van der Waals surface area contributed by atoms with Crippen LogP contribution in [0.25, 0.3) is 0 Å². The Balaban J connectivity index is 2.65. The molecule has 0 atom stereocenters. The lowest BCUT2D eigenvalue weighted by atomic mass is 10.1. The molecule has 2 aromatic rings. The summed E-state index contributed by atoms with van der Waals surface area (Å²) >= 11 is 5.69. The van der Waals surface area contributed by atoms with Crippen LogP contribution in [0, 0.1) is 0 Å². The maximum atomic E-state index is 12.0. The first-order chi connectivity index (χ1) is 11.9. The van der Waals surface area contributed by atoms with Crippen LogP contribution < -0.4 is 15.2 Å². The zero-order valence-corrected chi connectivity index (χ0v) is 14.9. The van der Waals surface area contributed by atoms with Crippen molar-refractivity contribution < 1.29 is 22.7 Å². The highest BCUT2D eigenvalue weighted by Crippen LogP contribution is 2.37. The number of rotatable bonds is 7. The zero-order chi connectivity index (χ0) is 18.4. The Morgan fingerprint density at radius 1 is 1.24 bits per heavy atom. The molecule has 3 N–H and O–H groups in total. The van der Waals surface area contributed by atoms with Gasteiger partial charge in [0.25, 0.3) is 0 Å². The number of para-hydroxylation sites is 1. The molecule has 7 nitrogen and oxygen atoms in total. The molecule has 0 fully saturated rings. The van der Waals surface area contributed by atoms with Crippen LogP contribution in [0.4, 0.5) is 5.69 Å². The first-order valence-electron chi connectivity index (χ1n) is 7.18. The van der Waals surface area contributed by atoms with Gasteiger partial charge in [0.15, 0.2) is 5.75 Å². The molecule has 25 heavy (non-hydrogen) atoms. The molecule has 9 heteroatoms. The van der Waals surface area contributed by atoms with Crippen molar-refractivity contribution in [1.29, 1.82) is 0 Å². The van der Waals surface area contributed by atoms with Crippen molar-refractivity contribution >= 4 is 33.3 Å². The molecule has 0 radical (unpaired) electrons. The van der Waals surface area contributed by atoms with E-state index in [4.69, 9.17) is 21.5 Å². The fourth-order valence-electron chi connectivity index (χ4n) is 2.07. The van der Waals surface area contributed by atoms with Crippen molar-refractivity contribution in [3.05, 3.63) is 48.0 Å². The topological polar surface area (TPSA) is 108 Å². The predicted molar refractivity (Wildman–Crippen MR) is 94.9 cm³/mol. The average Bonchev–Trinajstić information content (AvgIpc) is 2.59. The van der Waals surface area contributed by atoms with E-state index in [0.717, 1.165) is 6.07 Å². The summed E-state index contributed by atoms with van der Waals surface area (Å²) in [6.45, 7) is 0.321. The van der Waals surface area contributed by atoms with Gasteiger partial charge < -0.3 is 14.8 Å². The van der Waals surface area contributed by atoms with E-state index in [-0.39, 0.29) is 27.8 Å². The molecule has 0 saturated carbocycles. The SMILES string of the molecule is COC(=O)c1cc(NCCCl)c(Oc2ccccc2)c(S(N)(=O)=O)c1. The second-order valence-corrected chi connectivity index (χ2v) is 6.83. The van der Waals surface area contributed by atoms with Gasteiger partial charge in [0.05, 0.1) is 18.4 Å². The Morgan fingerprint density at radius 3 is 2.48 bits per heavy atom. The lowest BCUT2D eigenvalue weighted by Crippen LogP contribution is -2.16. The van der Waals surface area contributed by atoms with Crippen LogP contribution in [0.3, 0.4) is 0 Å². The number of carbonyl (C=O) groups is 1. The molecule has 0 aliphatic rings. The number of methoxy groups -OCH3 is 1. The Morgan fingerprint density at radius 2 is 1.92 bits per heavy atom. The number of anilines is 1. The molecule has 2 aromatic carbocycles. The van der Waals surface area contributed by atoms with Gasteiger partial charge in [-0.3, -0.25) is 0 Å². The van der Waals surface area contributed by atoms with Crippen molar-refractivity contribution in [1.82, 2.24) is 0 Å². The number of halogens is 1. The van der Waals surface area contributed by atoms with Crippen LogP contribution >= 0.6 is 11.6 Å². The quantitative estimate of drug-likeness (QED) is 0.561. The van der Waals surface area contributed by atoms with Crippen molar-refractivity contribution in [3.63, 3.8) is 0 Å². The molecule has 0 unspecified atom stereocenters. The molecule has 0 amide bonds. The number of sulfonamides is 1. The highest BCUT2D eigenvalue weighted by atomic mass is 35.5. The van der Waals surface area contributed by atoms with E-state index in [1.807, 2.05) is 0 Å². The molecule has 0 saturated heterocycles. The van der Waals surface area contributed by atoms with E-state index in [2.05, 4.69) is 10.1 Å². The number of hydrogen-bond donors (Lipinski definition) is 2. The van der Waals surface area contributed by atoms with Gasteiger partial charge in [0, 0.05) is 12.4 Å². The Hall–Kier alpha value is -2.29. The summed E-state index contributed by atoms with van der Waals surface area (Å²) in [4.78, 5) is 11.5. The molecule has 0 aliphatic carbocycles. The lowest BCUT2D eigenvalue weighted by Gasteiger charge is -2.17. The number of hydrogen-bond acceptors (Lipinski definition) is 6. The fraction of sp³-hybridized carbons (Fsp3) is 0.188. The summed E-state index contributed by atoms with van der Waals surface area (Å²) in [5, 5.41) is 8.24. The molecule has 0 aromatic heterocycles. The van der Waals surface area contributed by atoms with Gasteiger partial charge in [-0.15, -0.1) is 11.6 Å². The number of carbonyl (C=O) groups excluding carboxylic acids is 1. The number of benzene rings is 2. The Bertz CT molecular complexity index is 856. The van der Waals surface area contributed by atoms with Gasteiger partial charge in [-0.05, 0) is 24.3 Å². The second kappa shape index (κ2) is 8.19. The number of nitrogens with two attached hydrogens (primary N) is 1. The van der Waals surface area contributed by atoms with Crippen LogP contribution in [-0.4, -0.2) is 33.9 Å². The van der Waals surface area contributed by atoms with Crippen molar-refractivity contribution in [2.45, 2.75) is 4.90 Å². The number of primary sulfonamides is 1. The van der Waals surface area contributed by atoms with Crippen molar-refractivity contribution in [2.75, 3.05) is 24.9 Å². The molecule has 134 valence electrons. The first-order valence-corrected chi connectivity index (χ1v) is 9.26. The van der Waals surface area contributed by atoms with Gasteiger partial charge in [-0.1, -0.05) is 18.2 Å². The maximum Gasteiger partial charge on any atom is 0.337 e. The average molecular weight is 385 g/mol. The number of nitrogens with one attached hydrogen (secondary N) is 1.